The first kappa shape index (κ1) is 9.12. The first-order valence-corrected chi connectivity index (χ1v) is 4.99. The van der Waals surface area contributed by atoms with Gasteiger partial charge in [-0.25, -0.2) is 0 Å². The highest BCUT2D eigenvalue weighted by molar-refractivity contribution is 9.10. The standard InChI is InChI=1S/C9H11BrN2O/c10-7-2-1-4-12-8(7)9(11)3-5-13-6-9/h1-2,4H,3,5-6,11H2. The van der Waals surface area contributed by atoms with Crippen molar-refractivity contribution in [2.45, 2.75) is 12.0 Å². The van der Waals surface area contributed by atoms with E-state index in [1.807, 2.05) is 12.1 Å². The highest BCUT2D eigenvalue weighted by Gasteiger charge is 2.35. The summed E-state index contributed by atoms with van der Waals surface area (Å²) in [6, 6.07) is 3.84. The van der Waals surface area contributed by atoms with E-state index in [4.69, 9.17) is 10.5 Å². The van der Waals surface area contributed by atoms with Gasteiger partial charge < -0.3 is 10.5 Å². The minimum absolute atomic E-state index is 0.403. The minimum Gasteiger partial charge on any atom is -0.379 e. The van der Waals surface area contributed by atoms with E-state index in [-0.39, 0.29) is 0 Å². The van der Waals surface area contributed by atoms with Crippen molar-refractivity contribution in [1.82, 2.24) is 4.98 Å². The summed E-state index contributed by atoms with van der Waals surface area (Å²) in [5.74, 6) is 0. The fraction of sp³-hybridized carbons (Fsp3) is 0.444. The normalized spacial score (nSPS) is 27.8. The Kier molecular flexibility index (Phi) is 2.36. The molecule has 1 aromatic rings. The highest BCUT2D eigenvalue weighted by Crippen LogP contribution is 2.30. The molecular weight excluding hydrogens is 232 g/mol. The Hall–Kier alpha value is -0.450. The van der Waals surface area contributed by atoms with Crippen LogP contribution in [0.3, 0.4) is 0 Å². The molecule has 1 atom stereocenters. The molecule has 0 aromatic carbocycles. The SMILES string of the molecule is NC1(c2ncccc2Br)CCOC1. The lowest BCUT2D eigenvalue weighted by atomic mass is 9.95. The molecule has 0 spiro atoms. The fourth-order valence-electron chi connectivity index (χ4n) is 1.52. The van der Waals surface area contributed by atoms with Gasteiger partial charge in [-0.15, -0.1) is 0 Å². The number of nitrogens with two attached hydrogens (primary N) is 1. The van der Waals surface area contributed by atoms with Crippen molar-refractivity contribution in [3.8, 4) is 0 Å². The largest absolute Gasteiger partial charge is 0.379 e. The topological polar surface area (TPSA) is 48.1 Å². The van der Waals surface area contributed by atoms with Crippen LogP contribution in [0.1, 0.15) is 12.1 Å². The van der Waals surface area contributed by atoms with Crippen molar-refractivity contribution < 1.29 is 4.74 Å². The number of ether oxygens (including phenoxy) is 1. The number of pyridine rings is 1. The summed E-state index contributed by atoms with van der Waals surface area (Å²) < 4.78 is 6.24. The average Bonchev–Trinajstić information content (AvgIpc) is 2.54. The van der Waals surface area contributed by atoms with E-state index in [1.54, 1.807) is 6.20 Å². The van der Waals surface area contributed by atoms with E-state index in [0.717, 1.165) is 23.2 Å². The molecule has 2 heterocycles. The van der Waals surface area contributed by atoms with Crippen LogP contribution in [0, 0.1) is 0 Å². The van der Waals surface area contributed by atoms with E-state index in [2.05, 4.69) is 20.9 Å². The number of aromatic nitrogens is 1. The summed E-state index contributed by atoms with van der Waals surface area (Å²) in [7, 11) is 0. The summed E-state index contributed by atoms with van der Waals surface area (Å²) in [6.07, 6.45) is 2.59. The molecule has 0 aliphatic carbocycles. The molecule has 13 heavy (non-hydrogen) atoms. The van der Waals surface area contributed by atoms with Crippen molar-refractivity contribution in [3.05, 3.63) is 28.5 Å². The van der Waals surface area contributed by atoms with Gasteiger partial charge in [0.05, 0.1) is 17.8 Å². The average molecular weight is 243 g/mol. The maximum atomic E-state index is 6.16. The Labute approximate surface area is 85.4 Å². The summed E-state index contributed by atoms with van der Waals surface area (Å²) in [6.45, 7) is 1.28. The van der Waals surface area contributed by atoms with Crippen LogP contribution in [0.25, 0.3) is 0 Å². The number of nitrogens with zero attached hydrogens (tertiary/aromatic N) is 1. The molecular formula is C9H11BrN2O. The van der Waals surface area contributed by atoms with Crippen LogP contribution in [-0.2, 0) is 10.3 Å². The molecule has 1 aliphatic rings. The van der Waals surface area contributed by atoms with Gasteiger partial charge in [-0.05, 0) is 34.5 Å². The van der Waals surface area contributed by atoms with E-state index in [0.29, 0.717) is 6.61 Å². The van der Waals surface area contributed by atoms with Gasteiger partial charge >= 0.3 is 0 Å². The van der Waals surface area contributed by atoms with Gasteiger partial charge in [0.1, 0.15) is 0 Å². The first-order chi connectivity index (χ1) is 6.22. The molecule has 1 fully saturated rings. The molecule has 2 N–H and O–H groups in total. The van der Waals surface area contributed by atoms with Crippen molar-refractivity contribution in [1.29, 1.82) is 0 Å². The Morgan fingerprint density at radius 1 is 1.62 bits per heavy atom. The van der Waals surface area contributed by atoms with Crippen LogP contribution < -0.4 is 5.73 Å². The quantitative estimate of drug-likeness (QED) is 0.811. The Morgan fingerprint density at radius 3 is 3.08 bits per heavy atom. The zero-order valence-electron chi connectivity index (χ0n) is 7.16. The number of rotatable bonds is 1. The van der Waals surface area contributed by atoms with E-state index >= 15 is 0 Å². The zero-order chi connectivity index (χ0) is 9.31. The zero-order valence-corrected chi connectivity index (χ0v) is 8.75. The van der Waals surface area contributed by atoms with E-state index in [1.165, 1.54) is 0 Å². The number of hydrogen-bond acceptors (Lipinski definition) is 3. The van der Waals surface area contributed by atoms with Gasteiger partial charge in [-0.3, -0.25) is 4.98 Å². The van der Waals surface area contributed by atoms with Crippen molar-refractivity contribution in [3.63, 3.8) is 0 Å². The molecule has 1 saturated heterocycles. The molecule has 2 rings (SSSR count). The summed E-state index contributed by atoms with van der Waals surface area (Å²) >= 11 is 3.44. The van der Waals surface area contributed by atoms with Gasteiger partial charge in [0.25, 0.3) is 0 Å². The molecule has 0 radical (unpaired) electrons. The highest BCUT2D eigenvalue weighted by atomic mass is 79.9. The van der Waals surface area contributed by atoms with Gasteiger partial charge in [-0.1, -0.05) is 0 Å². The maximum Gasteiger partial charge on any atom is 0.0853 e. The van der Waals surface area contributed by atoms with Gasteiger partial charge in [0.15, 0.2) is 0 Å². The lowest BCUT2D eigenvalue weighted by Gasteiger charge is -2.21. The smallest absolute Gasteiger partial charge is 0.0853 e. The summed E-state index contributed by atoms with van der Waals surface area (Å²) in [4.78, 5) is 4.28. The lowest BCUT2D eigenvalue weighted by molar-refractivity contribution is 0.177. The second-order valence-corrected chi connectivity index (χ2v) is 4.15. The van der Waals surface area contributed by atoms with Crippen LogP contribution in [0.5, 0.6) is 0 Å². The molecule has 0 saturated carbocycles. The molecule has 3 nitrogen and oxygen atoms in total. The van der Waals surface area contributed by atoms with Gasteiger partial charge in [-0.2, -0.15) is 0 Å². The van der Waals surface area contributed by atoms with E-state index in [9.17, 15) is 0 Å². The summed E-state index contributed by atoms with van der Waals surface area (Å²) in [5.41, 5.74) is 6.66. The molecule has 1 aliphatic heterocycles. The van der Waals surface area contributed by atoms with Crippen LogP contribution in [0.4, 0.5) is 0 Å². The van der Waals surface area contributed by atoms with Crippen LogP contribution in [0.2, 0.25) is 0 Å². The summed E-state index contributed by atoms with van der Waals surface area (Å²) in [5, 5.41) is 0. The molecule has 4 heteroatoms. The monoisotopic (exact) mass is 242 g/mol. The minimum atomic E-state index is -0.403. The van der Waals surface area contributed by atoms with E-state index < -0.39 is 5.54 Å². The Bertz CT molecular complexity index is 310. The Balaban J connectivity index is 2.39. The second kappa shape index (κ2) is 3.36. The van der Waals surface area contributed by atoms with Gasteiger partial charge in [0.2, 0.25) is 0 Å². The molecule has 0 amide bonds. The number of halogens is 1. The third-order valence-corrected chi connectivity index (χ3v) is 2.92. The predicted molar refractivity (Wildman–Crippen MR) is 53.2 cm³/mol. The molecule has 1 aromatic heterocycles. The molecule has 1 unspecified atom stereocenters. The molecule has 0 bridgehead atoms. The van der Waals surface area contributed by atoms with Crippen LogP contribution >= 0.6 is 15.9 Å². The molecule has 70 valence electrons. The number of hydrogen-bond donors (Lipinski definition) is 1. The van der Waals surface area contributed by atoms with Crippen LogP contribution in [-0.4, -0.2) is 18.2 Å². The van der Waals surface area contributed by atoms with Crippen LogP contribution in [0.15, 0.2) is 22.8 Å². The predicted octanol–water partition coefficient (Wildman–Crippen LogP) is 1.42. The lowest BCUT2D eigenvalue weighted by Crippen LogP contribution is -2.38. The maximum absolute atomic E-state index is 6.16. The van der Waals surface area contributed by atoms with Crippen molar-refractivity contribution >= 4 is 15.9 Å². The second-order valence-electron chi connectivity index (χ2n) is 3.29. The third kappa shape index (κ3) is 1.61. The fourth-order valence-corrected chi connectivity index (χ4v) is 2.17. The van der Waals surface area contributed by atoms with Gasteiger partial charge in [0, 0.05) is 17.3 Å². The van der Waals surface area contributed by atoms with Crippen molar-refractivity contribution in [2.75, 3.05) is 13.2 Å². The Morgan fingerprint density at radius 2 is 2.46 bits per heavy atom. The first-order valence-electron chi connectivity index (χ1n) is 4.20. The van der Waals surface area contributed by atoms with Crippen molar-refractivity contribution in [2.24, 2.45) is 5.73 Å². The third-order valence-electron chi connectivity index (χ3n) is 2.28.